The molecule has 5 heteroatoms. The summed E-state index contributed by atoms with van der Waals surface area (Å²) in [5.41, 5.74) is 1.82. The van der Waals surface area contributed by atoms with Crippen LogP contribution in [0.3, 0.4) is 0 Å². The van der Waals surface area contributed by atoms with Gasteiger partial charge in [0.25, 0.3) is 5.91 Å². The highest BCUT2D eigenvalue weighted by Gasteiger charge is 2.42. The van der Waals surface area contributed by atoms with E-state index in [-0.39, 0.29) is 5.91 Å². The van der Waals surface area contributed by atoms with Gasteiger partial charge in [-0.25, -0.2) is 4.79 Å². The van der Waals surface area contributed by atoms with Crippen molar-refractivity contribution in [2.24, 2.45) is 0 Å². The number of anilines is 1. The standard InChI is InChI=1S/C18H16BrNO3/c1-11-9-13(7-8-15(11)19)20-17(22)18(2)10-12-5-3-4-6-14(12)16(21)23-18/h3-9H,10H2,1-2H3,(H,20,22)/t18-/m1/s1. The van der Waals surface area contributed by atoms with E-state index in [0.717, 1.165) is 15.6 Å². The number of nitrogens with one attached hydrogen (secondary N) is 1. The van der Waals surface area contributed by atoms with Crippen molar-refractivity contribution < 1.29 is 14.3 Å². The van der Waals surface area contributed by atoms with Crippen LogP contribution in [0.2, 0.25) is 0 Å². The Bertz CT molecular complexity index is 803. The molecule has 1 N–H and O–H groups in total. The molecular weight excluding hydrogens is 358 g/mol. The van der Waals surface area contributed by atoms with Crippen molar-refractivity contribution in [3.05, 3.63) is 63.6 Å². The normalized spacial score (nSPS) is 19.7. The summed E-state index contributed by atoms with van der Waals surface area (Å²) in [6.07, 6.45) is 0.357. The first-order chi connectivity index (χ1) is 10.9. The number of amides is 1. The van der Waals surface area contributed by atoms with Crippen molar-refractivity contribution >= 4 is 33.5 Å². The van der Waals surface area contributed by atoms with E-state index in [9.17, 15) is 9.59 Å². The molecule has 0 aliphatic carbocycles. The lowest BCUT2D eigenvalue weighted by molar-refractivity contribution is -0.134. The molecular formula is C18H16BrNO3. The highest BCUT2D eigenvalue weighted by Crippen LogP contribution is 2.29. The summed E-state index contributed by atoms with van der Waals surface area (Å²) >= 11 is 3.43. The number of cyclic esters (lactones) is 1. The SMILES string of the molecule is Cc1cc(NC(=O)[C@@]2(C)Cc3ccccc3C(=O)O2)ccc1Br. The van der Waals surface area contributed by atoms with Crippen LogP contribution in [0.25, 0.3) is 0 Å². The van der Waals surface area contributed by atoms with Crippen LogP contribution >= 0.6 is 15.9 Å². The fourth-order valence-corrected chi connectivity index (χ4v) is 2.89. The summed E-state index contributed by atoms with van der Waals surface area (Å²) in [7, 11) is 0. The zero-order valence-electron chi connectivity index (χ0n) is 12.9. The average Bonchev–Trinajstić information content (AvgIpc) is 2.51. The van der Waals surface area contributed by atoms with Crippen LogP contribution < -0.4 is 5.32 Å². The summed E-state index contributed by atoms with van der Waals surface area (Å²) in [4.78, 5) is 24.8. The summed E-state index contributed by atoms with van der Waals surface area (Å²) in [6, 6.07) is 12.7. The van der Waals surface area contributed by atoms with Gasteiger partial charge in [0, 0.05) is 16.6 Å². The van der Waals surface area contributed by atoms with Crippen LogP contribution in [0.4, 0.5) is 5.69 Å². The van der Waals surface area contributed by atoms with Crippen molar-refractivity contribution in [1.29, 1.82) is 0 Å². The van der Waals surface area contributed by atoms with Crippen LogP contribution in [0.5, 0.6) is 0 Å². The molecule has 4 nitrogen and oxygen atoms in total. The topological polar surface area (TPSA) is 55.4 Å². The van der Waals surface area contributed by atoms with Gasteiger partial charge in [0.2, 0.25) is 0 Å². The average molecular weight is 374 g/mol. The minimum absolute atomic E-state index is 0.331. The second kappa shape index (κ2) is 5.81. The molecule has 0 spiro atoms. The number of benzene rings is 2. The Morgan fingerprint density at radius 3 is 2.74 bits per heavy atom. The van der Waals surface area contributed by atoms with E-state index in [4.69, 9.17) is 4.74 Å². The van der Waals surface area contributed by atoms with E-state index < -0.39 is 11.6 Å². The first kappa shape index (κ1) is 15.7. The summed E-state index contributed by atoms with van der Waals surface area (Å²) < 4.78 is 6.40. The van der Waals surface area contributed by atoms with Crippen molar-refractivity contribution in [2.45, 2.75) is 25.9 Å². The molecule has 0 bridgehead atoms. The molecule has 0 saturated heterocycles. The van der Waals surface area contributed by atoms with Crippen molar-refractivity contribution in [2.75, 3.05) is 5.32 Å². The second-order valence-corrected chi connectivity index (χ2v) is 6.73. The fraction of sp³-hybridized carbons (Fsp3) is 0.222. The lowest BCUT2D eigenvalue weighted by Gasteiger charge is -2.33. The molecule has 2 aromatic rings. The number of ether oxygens (including phenoxy) is 1. The van der Waals surface area contributed by atoms with E-state index >= 15 is 0 Å². The molecule has 1 atom stereocenters. The van der Waals surface area contributed by atoms with Gasteiger partial charge in [0.05, 0.1) is 5.56 Å². The molecule has 0 aromatic heterocycles. The third-order valence-corrected chi connectivity index (χ3v) is 4.87. The Hall–Kier alpha value is -2.14. The van der Waals surface area contributed by atoms with Crippen LogP contribution in [-0.2, 0) is 16.0 Å². The molecule has 118 valence electrons. The van der Waals surface area contributed by atoms with Crippen molar-refractivity contribution in [3.8, 4) is 0 Å². The highest BCUT2D eigenvalue weighted by molar-refractivity contribution is 9.10. The van der Waals surface area contributed by atoms with E-state index in [0.29, 0.717) is 17.7 Å². The van der Waals surface area contributed by atoms with Crippen LogP contribution in [0, 0.1) is 6.92 Å². The Balaban J connectivity index is 1.84. The third kappa shape index (κ3) is 3.01. The molecule has 1 aliphatic heterocycles. The zero-order valence-corrected chi connectivity index (χ0v) is 14.4. The van der Waals surface area contributed by atoms with Gasteiger partial charge in [0.1, 0.15) is 0 Å². The number of hydrogen-bond donors (Lipinski definition) is 1. The predicted molar refractivity (Wildman–Crippen MR) is 91.5 cm³/mol. The van der Waals surface area contributed by atoms with Crippen molar-refractivity contribution in [3.63, 3.8) is 0 Å². The Morgan fingerprint density at radius 1 is 1.26 bits per heavy atom. The Morgan fingerprint density at radius 2 is 2.00 bits per heavy atom. The number of esters is 1. The van der Waals surface area contributed by atoms with Crippen molar-refractivity contribution in [1.82, 2.24) is 0 Å². The van der Waals surface area contributed by atoms with Crippen LogP contribution in [0.15, 0.2) is 46.9 Å². The van der Waals surface area contributed by atoms with Gasteiger partial charge < -0.3 is 10.1 Å². The zero-order chi connectivity index (χ0) is 16.6. The Kier molecular flexibility index (Phi) is 3.98. The lowest BCUT2D eigenvalue weighted by Crippen LogP contribution is -2.48. The first-order valence-electron chi connectivity index (χ1n) is 7.28. The van der Waals surface area contributed by atoms with Gasteiger partial charge in [-0.3, -0.25) is 4.79 Å². The van der Waals surface area contributed by atoms with Crippen LogP contribution in [0.1, 0.15) is 28.4 Å². The molecule has 23 heavy (non-hydrogen) atoms. The highest BCUT2D eigenvalue weighted by atomic mass is 79.9. The number of carbonyl (C=O) groups excluding carboxylic acids is 2. The largest absolute Gasteiger partial charge is 0.445 e. The maximum absolute atomic E-state index is 12.6. The minimum Gasteiger partial charge on any atom is -0.445 e. The predicted octanol–water partition coefficient (Wildman–Crippen LogP) is 3.87. The number of rotatable bonds is 2. The van der Waals surface area contributed by atoms with Gasteiger partial charge in [-0.05, 0) is 49.2 Å². The number of aryl methyl sites for hydroxylation is 1. The fourth-order valence-electron chi connectivity index (χ4n) is 2.65. The lowest BCUT2D eigenvalue weighted by atomic mass is 9.89. The minimum atomic E-state index is -1.22. The van der Waals surface area contributed by atoms with E-state index in [1.165, 1.54) is 0 Å². The number of hydrogen-bond acceptors (Lipinski definition) is 3. The van der Waals surface area contributed by atoms with Gasteiger partial charge >= 0.3 is 5.97 Å². The molecule has 1 aliphatic rings. The van der Waals surface area contributed by atoms with Gasteiger partial charge in [-0.1, -0.05) is 34.1 Å². The molecule has 2 aromatic carbocycles. The number of halogens is 1. The molecule has 1 amide bonds. The monoisotopic (exact) mass is 373 g/mol. The van der Waals surface area contributed by atoms with Gasteiger partial charge in [-0.2, -0.15) is 0 Å². The maximum Gasteiger partial charge on any atom is 0.339 e. The van der Waals surface area contributed by atoms with Gasteiger partial charge in [-0.15, -0.1) is 0 Å². The third-order valence-electron chi connectivity index (χ3n) is 3.98. The van der Waals surface area contributed by atoms with E-state index in [2.05, 4.69) is 21.2 Å². The molecule has 0 fully saturated rings. The van der Waals surface area contributed by atoms with E-state index in [1.54, 1.807) is 25.1 Å². The quantitative estimate of drug-likeness (QED) is 0.812. The number of fused-ring (bicyclic) bond motifs is 1. The number of carbonyl (C=O) groups is 2. The Labute approximate surface area is 143 Å². The molecule has 1 heterocycles. The summed E-state index contributed by atoms with van der Waals surface area (Å²) in [5.74, 6) is -0.793. The summed E-state index contributed by atoms with van der Waals surface area (Å²) in [6.45, 7) is 3.58. The molecule has 0 saturated carbocycles. The molecule has 0 radical (unpaired) electrons. The van der Waals surface area contributed by atoms with Gasteiger partial charge in [0.15, 0.2) is 5.60 Å². The smallest absolute Gasteiger partial charge is 0.339 e. The molecule has 0 unspecified atom stereocenters. The van der Waals surface area contributed by atoms with E-state index in [1.807, 2.05) is 31.2 Å². The maximum atomic E-state index is 12.6. The second-order valence-electron chi connectivity index (χ2n) is 5.87. The summed E-state index contributed by atoms with van der Waals surface area (Å²) in [5, 5.41) is 2.83. The molecule has 3 rings (SSSR count). The first-order valence-corrected chi connectivity index (χ1v) is 8.07. The van der Waals surface area contributed by atoms with Crippen LogP contribution in [-0.4, -0.2) is 17.5 Å².